The largest absolute Gasteiger partial charge is 0.493 e. The number of nitrogens with zero attached hydrogens (tertiary/aromatic N) is 1. The van der Waals surface area contributed by atoms with Crippen LogP contribution in [0, 0.1) is 5.41 Å². The number of amidine groups is 1. The van der Waals surface area contributed by atoms with Gasteiger partial charge in [0.1, 0.15) is 17.3 Å². The number of fused-ring (bicyclic) bond motifs is 1. The lowest BCUT2D eigenvalue weighted by atomic mass is 9.85. The first kappa shape index (κ1) is 33.1. The molecule has 0 fully saturated rings. The fourth-order valence-corrected chi connectivity index (χ4v) is 4.47. The normalized spacial score (nSPS) is 13.7. The summed E-state index contributed by atoms with van der Waals surface area (Å²) >= 11 is 0. The smallest absolute Gasteiger partial charge is 0.491 e. The zero-order chi connectivity index (χ0) is 32.3. The summed E-state index contributed by atoms with van der Waals surface area (Å²) in [4.78, 5) is 50.7. The first-order chi connectivity index (χ1) is 20.0. The molecular formula is C30H34F3N3O7. The number of nitrogens with one attached hydrogen (secondary N) is 2. The quantitative estimate of drug-likeness (QED) is 0.229. The zero-order valence-corrected chi connectivity index (χ0v) is 24.7. The standard InChI is InChI=1S/C30H34F3N3O7/c1-7-22(27(39)43-28(40)30(31,32)33)42-23-10-9-16(11-20(23)29(3,4)5)21(37)15-36-14-17-12-24(41-8-2)19(26(38)35-6)13-18(17)25(36)34/h9-13,22,34H,7-8,14-15H2,1-6H3,(H,35,38). The highest BCUT2D eigenvalue weighted by atomic mass is 19.4. The van der Waals surface area contributed by atoms with Crippen LogP contribution >= 0.6 is 0 Å². The molecule has 0 radical (unpaired) electrons. The fourth-order valence-electron chi connectivity index (χ4n) is 4.47. The Labute approximate surface area is 247 Å². The van der Waals surface area contributed by atoms with Gasteiger partial charge in [-0.3, -0.25) is 15.0 Å². The lowest BCUT2D eigenvalue weighted by molar-refractivity contribution is -0.204. The third-order valence-corrected chi connectivity index (χ3v) is 6.68. The van der Waals surface area contributed by atoms with E-state index >= 15 is 0 Å². The van der Waals surface area contributed by atoms with E-state index in [9.17, 15) is 32.3 Å². The number of ether oxygens (including phenoxy) is 3. The molecule has 1 amide bonds. The topological polar surface area (TPSA) is 135 Å². The Balaban J connectivity index is 1.83. The third-order valence-electron chi connectivity index (χ3n) is 6.68. The van der Waals surface area contributed by atoms with Gasteiger partial charge < -0.3 is 24.4 Å². The molecule has 2 aromatic rings. The molecule has 2 N–H and O–H groups in total. The van der Waals surface area contributed by atoms with E-state index in [1.165, 1.54) is 26.1 Å². The van der Waals surface area contributed by atoms with Crippen molar-refractivity contribution >= 4 is 29.5 Å². The van der Waals surface area contributed by atoms with Crippen molar-refractivity contribution < 1.29 is 46.6 Å². The van der Waals surface area contributed by atoms with Gasteiger partial charge in [-0.2, -0.15) is 13.2 Å². The van der Waals surface area contributed by atoms with Gasteiger partial charge in [-0.25, -0.2) is 9.59 Å². The van der Waals surface area contributed by atoms with Crippen LogP contribution in [0.15, 0.2) is 30.3 Å². The van der Waals surface area contributed by atoms with Crippen molar-refractivity contribution in [2.75, 3.05) is 20.2 Å². The number of benzene rings is 2. The van der Waals surface area contributed by atoms with E-state index in [0.717, 1.165) is 5.56 Å². The molecule has 1 atom stereocenters. The van der Waals surface area contributed by atoms with Crippen molar-refractivity contribution in [3.63, 3.8) is 0 Å². The summed E-state index contributed by atoms with van der Waals surface area (Å²) in [7, 11) is 1.49. The van der Waals surface area contributed by atoms with E-state index in [1.54, 1.807) is 30.0 Å². The molecule has 0 aliphatic carbocycles. The van der Waals surface area contributed by atoms with Gasteiger partial charge in [-0.15, -0.1) is 0 Å². The number of esters is 2. The predicted molar refractivity (Wildman–Crippen MR) is 150 cm³/mol. The Morgan fingerprint density at radius 2 is 1.72 bits per heavy atom. The molecule has 1 aliphatic heterocycles. The Kier molecular flexibility index (Phi) is 9.88. The maximum Gasteiger partial charge on any atom is 0.491 e. The molecule has 0 spiro atoms. The minimum absolute atomic E-state index is 0.0743. The first-order valence-electron chi connectivity index (χ1n) is 13.5. The van der Waals surface area contributed by atoms with Crippen LogP contribution in [0.2, 0.25) is 0 Å². The van der Waals surface area contributed by atoms with Gasteiger partial charge in [0.2, 0.25) is 0 Å². The molecular weight excluding hydrogens is 571 g/mol. The van der Waals surface area contributed by atoms with Crippen molar-refractivity contribution in [1.29, 1.82) is 5.41 Å². The Morgan fingerprint density at radius 3 is 2.28 bits per heavy atom. The van der Waals surface area contributed by atoms with Crippen LogP contribution in [-0.4, -0.2) is 66.8 Å². The summed E-state index contributed by atoms with van der Waals surface area (Å²) in [5.41, 5.74) is 1.67. The van der Waals surface area contributed by atoms with E-state index in [4.69, 9.17) is 14.9 Å². The van der Waals surface area contributed by atoms with E-state index in [0.29, 0.717) is 23.5 Å². The minimum Gasteiger partial charge on any atom is -0.493 e. The predicted octanol–water partition coefficient (Wildman–Crippen LogP) is 4.56. The number of hydrogen-bond donors (Lipinski definition) is 2. The van der Waals surface area contributed by atoms with Crippen LogP contribution in [-0.2, 0) is 26.3 Å². The molecule has 13 heteroatoms. The number of carbonyl (C=O) groups is 4. The molecule has 0 aromatic heterocycles. The molecule has 10 nitrogen and oxygen atoms in total. The number of alkyl halides is 3. The highest BCUT2D eigenvalue weighted by Crippen LogP contribution is 2.35. The zero-order valence-electron chi connectivity index (χ0n) is 24.7. The number of Topliss-reactive ketones (excluding diaryl/α,β-unsaturated/α-hetero) is 1. The Bertz CT molecular complexity index is 1450. The van der Waals surface area contributed by atoms with Gasteiger partial charge >= 0.3 is 18.1 Å². The highest BCUT2D eigenvalue weighted by molar-refractivity contribution is 6.07. The summed E-state index contributed by atoms with van der Waals surface area (Å²) in [6.45, 7) is 9.17. The molecule has 3 rings (SSSR count). The molecule has 0 saturated heterocycles. The van der Waals surface area contributed by atoms with E-state index in [2.05, 4.69) is 10.1 Å². The number of amides is 1. The second-order valence-electron chi connectivity index (χ2n) is 10.8. The van der Waals surface area contributed by atoms with E-state index in [-0.39, 0.29) is 53.9 Å². The lowest BCUT2D eigenvalue weighted by Gasteiger charge is -2.26. The SMILES string of the molecule is CCOc1cc2c(cc1C(=O)NC)C(=N)N(CC(=O)c1ccc(OC(CC)C(=O)OC(=O)C(F)(F)F)c(C(C)(C)C)c1)C2. The number of halogens is 3. The van der Waals surface area contributed by atoms with Crippen molar-refractivity contribution in [2.45, 2.75) is 65.3 Å². The molecule has 0 saturated carbocycles. The van der Waals surface area contributed by atoms with Crippen LogP contribution in [0.5, 0.6) is 11.5 Å². The molecule has 2 aromatic carbocycles. The van der Waals surface area contributed by atoms with Gasteiger partial charge in [0, 0.05) is 30.3 Å². The van der Waals surface area contributed by atoms with Crippen molar-refractivity contribution in [1.82, 2.24) is 10.2 Å². The van der Waals surface area contributed by atoms with E-state index < -0.39 is 29.6 Å². The summed E-state index contributed by atoms with van der Waals surface area (Å²) in [6, 6.07) is 7.73. The summed E-state index contributed by atoms with van der Waals surface area (Å²) in [6.07, 6.45) is -6.92. The maximum atomic E-state index is 13.4. The van der Waals surface area contributed by atoms with Crippen LogP contribution in [0.4, 0.5) is 13.2 Å². The molecule has 0 bridgehead atoms. The van der Waals surface area contributed by atoms with Gasteiger partial charge in [0.15, 0.2) is 11.9 Å². The van der Waals surface area contributed by atoms with Gasteiger partial charge in [0.05, 0.1) is 18.7 Å². The average molecular weight is 606 g/mol. The Hall–Kier alpha value is -4.42. The number of ketones is 1. The number of rotatable bonds is 10. The fraction of sp³-hybridized carbons (Fsp3) is 0.433. The van der Waals surface area contributed by atoms with Crippen LogP contribution in [0.25, 0.3) is 0 Å². The first-order valence-corrected chi connectivity index (χ1v) is 13.5. The molecule has 232 valence electrons. The van der Waals surface area contributed by atoms with Crippen molar-refractivity contribution in [3.05, 3.63) is 58.1 Å². The maximum absolute atomic E-state index is 13.4. The Morgan fingerprint density at radius 1 is 1.05 bits per heavy atom. The highest BCUT2D eigenvalue weighted by Gasteiger charge is 2.43. The monoisotopic (exact) mass is 605 g/mol. The van der Waals surface area contributed by atoms with Crippen LogP contribution in [0.1, 0.15) is 78.4 Å². The van der Waals surface area contributed by atoms with Gasteiger partial charge in [-0.05, 0) is 54.7 Å². The lowest BCUT2D eigenvalue weighted by Crippen LogP contribution is -2.36. The average Bonchev–Trinajstić information content (AvgIpc) is 3.23. The van der Waals surface area contributed by atoms with Gasteiger partial charge in [0.25, 0.3) is 5.91 Å². The number of hydrogen-bond acceptors (Lipinski definition) is 8. The summed E-state index contributed by atoms with van der Waals surface area (Å²) < 4.78 is 53.0. The molecule has 1 unspecified atom stereocenters. The minimum atomic E-state index is -5.34. The third kappa shape index (κ3) is 7.51. The molecule has 1 aliphatic rings. The second kappa shape index (κ2) is 12.8. The summed E-state index contributed by atoms with van der Waals surface area (Å²) in [5.74, 6) is -4.22. The van der Waals surface area contributed by atoms with Gasteiger partial charge in [-0.1, -0.05) is 27.7 Å². The summed E-state index contributed by atoms with van der Waals surface area (Å²) in [5, 5.41) is 11.2. The second-order valence-corrected chi connectivity index (χ2v) is 10.8. The molecule has 43 heavy (non-hydrogen) atoms. The van der Waals surface area contributed by atoms with E-state index in [1.807, 2.05) is 20.8 Å². The number of carbonyl (C=O) groups excluding carboxylic acids is 4. The van der Waals surface area contributed by atoms with Crippen molar-refractivity contribution in [3.8, 4) is 11.5 Å². The van der Waals surface area contributed by atoms with Crippen LogP contribution < -0.4 is 14.8 Å². The van der Waals surface area contributed by atoms with Crippen molar-refractivity contribution in [2.24, 2.45) is 0 Å². The molecule has 1 heterocycles. The van der Waals surface area contributed by atoms with Crippen LogP contribution in [0.3, 0.4) is 0 Å².